The summed E-state index contributed by atoms with van der Waals surface area (Å²) in [5.41, 5.74) is 1.83. The lowest BCUT2D eigenvalue weighted by Crippen LogP contribution is -2.07. The quantitative estimate of drug-likeness (QED) is 0.717. The normalized spacial score (nSPS) is 11.0. The average Bonchev–Trinajstić information content (AvgIpc) is 2.95. The van der Waals surface area contributed by atoms with E-state index in [1.807, 2.05) is 6.92 Å². The van der Waals surface area contributed by atoms with Gasteiger partial charge in [0, 0.05) is 5.56 Å². The molecule has 0 unspecified atom stereocenters. The summed E-state index contributed by atoms with van der Waals surface area (Å²) in [6.07, 6.45) is 1.48. The second-order valence-corrected chi connectivity index (χ2v) is 5.51. The number of nitrogens with zero attached hydrogens (tertiary/aromatic N) is 5. The number of rotatable bonds is 4. The first-order valence-corrected chi connectivity index (χ1v) is 7.41. The fraction of sp³-hybridized carbons (Fsp3) is 0.286. The molecule has 0 saturated heterocycles. The standard InChI is InChI=1S/C14H13Cl2N5O2/c1-7-17-6-18-21(7)5-8-11(16)9(15)4-10-12(8)20-14(23-3)13(19-10)22-2/h4,6H,5H2,1-3H3. The Morgan fingerprint density at radius 3 is 2.43 bits per heavy atom. The third-order valence-corrected chi connectivity index (χ3v) is 4.22. The summed E-state index contributed by atoms with van der Waals surface area (Å²) < 4.78 is 12.1. The SMILES string of the molecule is COc1nc2cc(Cl)c(Cl)c(Cn3ncnc3C)c2nc1OC. The first kappa shape index (κ1) is 15.8. The van der Waals surface area contributed by atoms with Crippen LogP contribution in [-0.4, -0.2) is 39.0 Å². The van der Waals surface area contributed by atoms with Gasteiger partial charge in [0.25, 0.3) is 11.8 Å². The van der Waals surface area contributed by atoms with E-state index in [-0.39, 0.29) is 11.8 Å². The van der Waals surface area contributed by atoms with Crippen molar-refractivity contribution >= 4 is 34.2 Å². The number of aryl methyl sites for hydroxylation is 1. The molecule has 0 spiro atoms. The number of methoxy groups -OCH3 is 2. The first-order valence-electron chi connectivity index (χ1n) is 6.66. The zero-order chi connectivity index (χ0) is 16.6. The molecule has 120 valence electrons. The molecule has 2 aromatic heterocycles. The highest BCUT2D eigenvalue weighted by Gasteiger charge is 2.18. The van der Waals surface area contributed by atoms with Gasteiger partial charge in [-0.3, -0.25) is 0 Å². The molecule has 23 heavy (non-hydrogen) atoms. The van der Waals surface area contributed by atoms with Crippen LogP contribution in [0.3, 0.4) is 0 Å². The predicted molar refractivity (Wildman–Crippen MR) is 86.5 cm³/mol. The van der Waals surface area contributed by atoms with Gasteiger partial charge in [-0.15, -0.1) is 0 Å². The van der Waals surface area contributed by atoms with Gasteiger partial charge in [-0.2, -0.15) is 5.10 Å². The van der Waals surface area contributed by atoms with Crippen LogP contribution in [0.25, 0.3) is 11.0 Å². The van der Waals surface area contributed by atoms with E-state index >= 15 is 0 Å². The summed E-state index contributed by atoms with van der Waals surface area (Å²) in [6, 6.07) is 1.64. The van der Waals surface area contributed by atoms with Crippen LogP contribution in [-0.2, 0) is 6.54 Å². The van der Waals surface area contributed by atoms with Crippen molar-refractivity contribution in [1.29, 1.82) is 0 Å². The van der Waals surface area contributed by atoms with Crippen molar-refractivity contribution in [3.05, 3.63) is 33.8 Å². The summed E-state index contributed by atoms with van der Waals surface area (Å²) in [7, 11) is 2.99. The molecular weight excluding hydrogens is 341 g/mol. The molecule has 3 aromatic rings. The maximum atomic E-state index is 6.38. The number of benzene rings is 1. The van der Waals surface area contributed by atoms with Crippen LogP contribution in [0, 0.1) is 6.92 Å². The number of hydrogen-bond donors (Lipinski definition) is 0. The molecule has 0 saturated carbocycles. The van der Waals surface area contributed by atoms with Gasteiger partial charge in [-0.05, 0) is 13.0 Å². The topological polar surface area (TPSA) is 75.0 Å². The lowest BCUT2D eigenvalue weighted by atomic mass is 10.1. The molecule has 7 nitrogen and oxygen atoms in total. The Morgan fingerprint density at radius 1 is 1.13 bits per heavy atom. The summed E-state index contributed by atoms with van der Waals surface area (Å²) in [5, 5.41) is 4.95. The van der Waals surface area contributed by atoms with Crippen molar-refractivity contribution in [3.63, 3.8) is 0 Å². The van der Waals surface area contributed by atoms with Gasteiger partial charge in [-0.25, -0.2) is 19.6 Å². The minimum atomic E-state index is 0.273. The number of ether oxygens (including phenoxy) is 2. The third kappa shape index (κ3) is 2.77. The summed E-state index contributed by atoms with van der Waals surface area (Å²) in [4.78, 5) is 12.9. The highest BCUT2D eigenvalue weighted by Crippen LogP contribution is 2.35. The largest absolute Gasteiger partial charge is 0.477 e. The molecule has 1 aromatic carbocycles. The van der Waals surface area contributed by atoms with Crippen molar-refractivity contribution in [3.8, 4) is 11.8 Å². The van der Waals surface area contributed by atoms with Crippen LogP contribution in [0.4, 0.5) is 0 Å². The minimum Gasteiger partial charge on any atom is -0.477 e. The minimum absolute atomic E-state index is 0.273. The Kier molecular flexibility index (Phi) is 4.23. The average molecular weight is 354 g/mol. The maximum Gasteiger partial charge on any atom is 0.278 e. The predicted octanol–water partition coefficient (Wildman–Crippen LogP) is 2.90. The number of aromatic nitrogens is 5. The van der Waals surface area contributed by atoms with Crippen LogP contribution in [0.2, 0.25) is 10.0 Å². The van der Waals surface area contributed by atoms with Crippen molar-refractivity contribution < 1.29 is 9.47 Å². The Morgan fingerprint density at radius 2 is 1.83 bits per heavy atom. The third-order valence-electron chi connectivity index (χ3n) is 3.39. The van der Waals surface area contributed by atoms with Crippen molar-refractivity contribution in [2.75, 3.05) is 14.2 Å². The molecule has 0 fully saturated rings. The van der Waals surface area contributed by atoms with E-state index in [1.165, 1.54) is 20.5 Å². The fourth-order valence-electron chi connectivity index (χ4n) is 2.21. The Balaban J connectivity index is 2.25. The first-order chi connectivity index (χ1) is 11.0. The smallest absolute Gasteiger partial charge is 0.278 e. The molecule has 0 atom stereocenters. The van der Waals surface area contributed by atoms with Gasteiger partial charge in [-0.1, -0.05) is 23.2 Å². The summed E-state index contributed by atoms with van der Waals surface area (Å²) in [6.45, 7) is 2.22. The molecule has 2 heterocycles. The van der Waals surface area contributed by atoms with Crippen molar-refractivity contribution in [2.24, 2.45) is 0 Å². The number of fused-ring (bicyclic) bond motifs is 1. The zero-order valence-corrected chi connectivity index (χ0v) is 14.2. The van der Waals surface area contributed by atoms with Crippen LogP contribution in [0.5, 0.6) is 11.8 Å². The highest BCUT2D eigenvalue weighted by atomic mass is 35.5. The lowest BCUT2D eigenvalue weighted by Gasteiger charge is -2.13. The van der Waals surface area contributed by atoms with E-state index in [0.717, 1.165) is 5.82 Å². The Hall–Kier alpha value is -2.12. The van der Waals surface area contributed by atoms with E-state index in [0.29, 0.717) is 33.2 Å². The van der Waals surface area contributed by atoms with Gasteiger partial charge in [0.1, 0.15) is 12.2 Å². The summed E-state index contributed by atoms with van der Waals surface area (Å²) >= 11 is 12.6. The van der Waals surface area contributed by atoms with Crippen LogP contribution in [0.15, 0.2) is 12.4 Å². The molecule has 0 aliphatic heterocycles. The second-order valence-electron chi connectivity index (χ2n) is 4.73. The molecule has 0 bridgehead atoms. The molecule has 0 amide bonds. The van der Waals surface area contributed by atoms with Gasteiger partial charge < -0.3 is 9.47 Å². The number of hydrogen-bond acceptors (Lipinski definition) is 6. The van der Waals surface area contributed by atoms with Gasteiger partial charge >= 0.3 is 0 Å². The van der Waals surface area contributed by atoms with E-state index < -0.39 is 0 Å². The molecule has 0 aliphatic carbocycles. The molecule has 9 heteroatoms. The molecular formula is C14H13Cl2N5O2. The Bertz CT molecular complexity index is 881. The van der Waals surface area contributed by atoms with Crippen LogP contribution in [0.1, 0.15) is 11.4 Å². The highest BCUT2D eigenvalue weighted by molar-refractivity contribution is 6.43. The van der Waals surface area contributed by atoms with Crippen LogP contribution < -0.4 is 9.47 Å². The molecule has 0 N–H and O–H groups in total. The Labute approximate surface area is 142 Å². The van der Waals surface area contributed by atoms with E-state index in [2.05, 4.69) is 20.1 Å². The van der Waals surface area contributed by atoms with Gasteiger partial charge in [0.15, 0.2) is 0 Å². The second kappa shape index (κ2) is 6.17. The summed E-state index contributed by atoms with van der Waals surface area (Å²) in [5.74, 6) is 1.30. The molecule has 0 radical (unpaired) electrons. The van der Waals surface area contributed by atoms with Crippen molar-refractivity contribution in [2.45, 2.75) is 13.5 Å². The van der Waals surface area contributed by atoms with E-state index in [1.54, 1.807) is 10.7 Å². The maximum absolute atomic E-state index is 6.38. The van der Waals surface area contributed by atoms with E-state index in [9.17, 15) is 0 Å². The van der Waals surface area contributed by atoms with Gasteiger partial charge in [0.05, 0.1) is 41.8 Å². The van der Waals surface area contributed by atoms with Gasteiger partial charge in [0.2, 0.25) is 0 Å². The van der Waals surface area contributed by atoms with Crippen LogP contribution >= 0.6 is 23.2 Å². The van der Waals surface area contributed by atoms with E-state index in [4.69, 9.17) is 32.7 Å². The lowest BCUT2D eigenvalue weighted by molar-refractivity contribution is 0.334. The monoisotopic (exact) mass is 353 g/mol. The molecule has 0 aliphatic rings. The zero-order valence-electron chi connectivity index (χ0n) is 12.7. The van der Waals surface area contributed by atoms with Crippen molar-refractivity contribution in [1.82, 2.24) is 24.7 Å². The number of halogens is 2. The molecule has 3 rings (SSSR count). The fourth-order valence-corrected chi connectivity index (χ4v) is 2.63.